The van der Waals surface area contributed by atoms with Gasteiger partial charge in [-0.2, -0.15) is 0 Å². The molecule has 0 bridgehead atoms. The van der Waals surface area contributed by atoms with Gasteiger partial charge >= 0.3 is 5.97 Å². The second-order valence-electron chi connectivity index (χ2n) is 6.68. The number of aromatic carboxylic acids is 1. The standard InChI is InChI=1S/C19H25NO3S/c1-4-12(2)7-10-15-11-16(17(24-15)19(22)23)20-18(21)14-8-5-13(3)6-9-14/h11-14H,4-6,8-9H2,1-3H3,(H,20,21)(H,22,23). The molecular weight excluding hydrogens is 322 g/mol. The van der Waals surface area contributed by atoms with Crippen LogP contribution >= 0.6 is 11.3 Å². The van der Waals surface area contributed by atoms with Crippen LogP contribution in [0.3, 0.4) is 0 Å². The van der Waals surface area contributed by atoms with Crippen LogP contribution in [0.4, 0.5) is 5.69 Å². The largest absolute Gasteiger partial charge is 0.477 e. The maximum atomic E-state index is 12.4. The van der Waals surface area contributed by atoms with Gasteiger partial charge in [0.2, 0.25) is 5.91 Å². The number of carboxylic acid groups (broad SMARTS) is 1. The lowest BCUT2D eigenvalue weighted by Gasteiger charge is -2.25. The molecule has 1 aliphatic rings. The Bertz CT molecular complexity index is 660. The average molecular weight is 347 g/mol. The molecule has 24 heavy (non-hydrogen) atoms. The van der Waals surface area contributed by atoms with Crippen LogP contribution in [0.5, 0.6) is 0 Å². The number of carboxylic acids is 1. The van der Waals surface area contributed by atoms with E-state index in [1.807, 2.05) is 6.92 Å². The molecule has 0 aliphatic heterocycles. The van der Waals surface area contributed by atoms with Crippen molar-refractivity contribution in [3.63, 3.8) is 0 Å². The minimum absolute atomic E-state index is 0.0163. The van der Waals surface area contributed by atoms with E-state index in [4.69, 9.17) is 0 Å². The second kappa shape index (κ2) is 8.34. The molecule has 1 aromatic heterocycles. The molecule has 2 rings (SSSR count). The summed E-state index contributed by atoms with van der Waals surface area (Å²) < 4.78 is 0. The lowest BCUT2D eigenvalue weighted by atomic mass is 9.82. The quantitative estimate of drug-likeness (QED) is 0.782. The normalized spacial score (nSPS) is 21.5. The molecule has 0 saturated heterocycles. The van der Waals surface area contributed by atoms with E-state index in [-0.39, 0.29) is 22.6 Å². The first-order valence-corrected chi connectivity index (χ1v) is 9.41. The van der Waals surface area contributed by atoms with Crippen LogP contribution in [0.25, 0.3) is 0 Å². The van der Waals surface area contributed by atoms with Crippen molar-refractivity contribution < 1.29 is 14.7 Å². The fraction of sp³-hybridized carbons (Fsp3) is 0.579. The molecule has 130 valence electrons. The zero-order chi connectivity index (χ0) is 17.7. The monoisotopic (exact) mass is 347 g/mol. The molecule has 1 aromatic rings. The summed E-state index contributed by atoms with van der Waals surface area (Å²) in [5, 5.41) is 12.2. The van der Waals surface area contributed by atoms with E-state index in [2.05, 4.69) is 31.0 Å². The topological polar surface area (TPSA) is 66.4 Å². The molecule has 1 saturated carbocycles. The maximum absolute atomic E-state index is 12.4. The van der Waals surface area contributed by atoms with Gasteiger partial charge in [0.1, 0.15) is 4.88 Å². The minimum Gasteiger partial charge on any atom is -0.477 e. The summed E-state index contributed by atoms with van der Waals surface area (Å²) in [5.74, 6) is 5.96. The Morgan fingerprint density at radius 2 is 2.04 bits per heavy atom. The van der Waals surface area contributed by atoms with Gasteiger partial charge in [0.25, 0.3) is 0 Å². The van der Waals surface area contributed by atoms with Crippen LogP contribution in [0.2, 0.25) is 0 Å². The number of anilines is 1. The highest BCUT2D eigenvalue weighted by atomic mass is 32.1. The number of amides is 1. The molecule has 0 radical (unpaired) electrons. The molecule has 4 nitrogen and oxygen atoms in total. The van der Waals surface area contributed by atoms with Crippen molar-refractivity contribution in [3.8, 4) is 11.8 Å². The van der Waals surface area contributed by atoms with Crippen molar-refractivity contribution >= 4 is 28.9 Å². The Kier molecular flexibility index (Phi) is 6.44. The van der Waals surface area contributed by atoms with Crippen LogP contribution in [-0.2, 0) is 4.79 Å². The van der Waals surface area contributed by atoms with Gasteiger partial charge in [-0.05, 0) is 44.1 Å². The molecule has 2 N–H and O–H groups in total. The van der Waals surface area contributed by atoms with E-state index >= 15 is 0 Å². The number of carbonyl (C=O) groups excluding carboxylic acids is 1. The smallest absolute Gasteiger partial charge is 0.348 e. The molecule has 1 atom stereocenters. The molecule has 0 aromatic carbocycles. The van der Waals surface area contributed by atoms with E-state index in [1.165, 1.54) is 0 Å². The van der Waals surface area contributed by atoms with Gasteiger partial charge in [0.15, 0.2) is 0 Å². The zero-order valence-electron chi connectivity index (χ0n) is 14.5. The van der Waals surface area contributed by atoms with Crippen LogP contribution in [0.1, 0.15) is 67.4 Å². The molecule has 1 heterocycles. The Labute approximate surface area is 147 Å². The number of nitrogens with one attached hydrogen (secondary N) is 1. The average Bonchev–Trinajstić information content (AvgIpc) is 2.96. The molecule has 5 heteroatoms. The summed E-state index contributed by atoms with van der Waals surface area (Å²) in [6, 6.07) is 1.69. The van der Waals surface area contributed by atoms with E-state index in [0.717, 1.165) is 43.4 Å². The summed E-state index contributed by atoms with van der Waals surface area (Å²) in [6.45, 7) is 6.30. The molecule has 1 amide bonds. The number of hydrogen-bond acceptors (Lipinski definition) is 3. The predicted molar refractivity (Wildman–Crippen MR) is 97.4 cm³/mol. The van der Waals surface area contributed by atoms with Gasteiger partial charge in [0, 0.05) is 11.8 Å². The van der Waals surface area contributed by atoms with Crippen LogP contribution < -0.4 is 5.32 Å². The van der Waals surface area contributed by atoms with Crippen molar-refractivity contribution in [1.82, 2.24) is 0 Å². The second-order valence-corrected chi connectivity index (χ2v) is 7.74. The third-order valence-electron chi connectivity index (χ3n) is 4.62. The molecule has 1 unspecified atom stereocenters. The van der Waals surface area contributed by atoms with Gasteiger partial charge in [-0.25, -0.2) is 4.79 Å². The van der Waals surface area contributed by atoms with E-state index in [0.29, 0.717) is 16.5 Å². The molecule has 1 fully saturated rings. The Morgan fingerprint density at radius 1 is 1.38 bits per heavy atom. The Balaban J connectivity index is 2.13. The lowest BCUT2D eigenvalue weighted by Crippen LogP contribution is -2.27. The molecule has 1 aliphatic carbocycles. The third kappa shape index (κ3) is 4.85. The van der Waals surface area contributed by atoms with Crippen molar-refractivity contribution in [1.29, 1.82) is 0 Å². The number of rotatable bonds is 4. The number of hydrogen-bond donors (Lipinski definition) is 2. The lowest BCUT2D eigenvalue weighted by molar-refractivity contribution is -0.121. The first kappa shape index (κ1) is 18.5. The summed E-state index contributed by atoms with van der Waals surface area (Å²) in [4.78, 5) is 24.7. The summed E-state index contributed by atoms with van der Waals surface area (Å²) in [7, 11) is 0. The van der Waals surface area contributed by atoms with Crippen LogP contribution in [-0.4, -0.2) is 17.0 Å². The maximum Gasteiger partial charge on any atom is 0.348 e. The van der Waals surface area contributed by atoms with Gasteiger partial charge in [-0.3, -0.25) is 4.79 Å². The predicted octanol–water partition coefficient (Wildman–Crippen LogP) is 4.61. The van der Waals surface area contributed by atoms with Gasteiger partial charge in [-0.1, -0.05) is 32.6 Å². The zero-order valence-corrected chi connectivity index (χ0v) is 15.3. The van der Waals surface area contributed by atoms with Crippen LogP contribution in [0, 0.1) is 29.6 Å². The van der Waals surface area contributed by atoms with Gasteiger partial charge in [0.05, 0.1) is 10.6 Å². The van der Waals surface area contributed by atoms with Gasteiger partial charge in [-0.15, -0.1) is 11.3 Å². The Morgan fingerprint density at radius 3 is 2.62 bits per heavy atom. The highest BCUT2D eigenvalue weighted by Gasteiger charge is 2.26. The minimum atomic E-state index is -1.02. The van der Waals surface area contributed by atoms with Crippen molar-refractivity contribution in [2.24, 2.45) is 17.8 Å². The van der Waals surface area contributed by atoms with E-state index in [9.17, 15) is 14.7 Å². The van der Waals surface area contributed by atoms with Crippen molar-refractivity contribution in [2.75, 3.05) is 5.32 Å². The number of carbonyl (C=O) groups is 2. The van der Waals surface area contributed by atoms with Crippen molar-refractivity contribution in [3.05, 3.63) is 15.8 Å². The molecular formula is C19H25NO3S. The highest BCUT2D eigenvalue weighted by Crippen LogP contribution is 2.31. The van der Waals surface area contributed by atoms with E-state index < -0.39 is 5.97 Å². The fourth-order valence-electron chi connectivity index (χ4n) is 2.76. The fourth-order valence-corrected chi connectivity index (χ4v) is 3.57. The van der Waals surface area contributed by atoms with Crippen molar-refractivity contribution in [2.45, 2.75) is 52.9 Å². The first-order valence-electron chi connectivity index (χ1n) is 8.60. The SMILES string of the molecule is CCC(C)C#Cc1cc(NC(=O)C2CCC(C)CC2)c(C(=O)O)s1. The Hall–Kier alpha value is -1.80. The highest BCUT2D eigenvalue weighted by molar-refractivity contribution is 7.15. The van der Waals surface area contributed by atoms with Crippen LogP contribution in [0.15, 0.2) is 6.07 Å². The first-order chi connectivity index (χ1) is 11.4. The van der Waals surface area contributed by atoms with E-state index in [1.54, 1.807) is 6.07 Å². The van der Waals surface area contributed by atoms with Gasteiger partial charge < -0.3 is 10.4 Å². The summed E-state index contributed by atoms with van der Waals surface area (Å²) in [6.07, 6.45) is 4.81. The summed E-state index contributed by atoms with van der Waals surface area (Å²) in [5.41, 5.74) is 0.379. The third-order valence-corrected chi connectivity index (χ3v) is 5.66. The molecule has 0 spiro atoms. The summed E-state index contributed by atoms with van der Waals surface area (Å²) >= 11 is 1.12. The number of thiophene rings is 1.